The third kappa shape index (κ3) is 2.94. The first-order chi connectivity index (χ1) is 7.27. The van der Waals surface area contributed by atoms with Crippen molar-refractivity contribution in [3.8, 4) is 0 Å². The van der Waals surface area contributed by atoms with Gasteiger partial charge in [0.15, 0.2) is 0 Å². The van der Waals surface area contributed by atoms with Gasteiger partial charge in [0, 0.05) is 6.04 Å². The summed E-state index contributed by atoms with van der Waals surface area (Å²) in [5.41, 5.74) is 6.16. The molecule has 2 aliphatic carbocycles. The molecule has 0 bridgehead atoms. The lowest BCUT2D eigenvalue weighted by atomic mass is 9.74. The fourth-order valence-electron chi connectivity index (χ4n) is 3.38. The van der Waals surface area contributed by atoms with Gasteiger partial charge >= 0.3 is 0 Å². The van der Waals surface area contributed by atoms with E-state index in [1.807, 2.05) is 0 Å². The molecule has 88 valence electrons. The van der Waals surface area contributed by atoms with Crippen molar-refractivity contribution in [1.29, 1.82) is 0 Å². The quantitative estimate of drug-likeness (QED) is 0.737. The lowest BCUT2D eigenvalue weighted by Gasteiger charge is -2.35. The second-order valence-corrected chi connectivity index (χ2v) is 5.56. The van der Waals surface area contributed by atoms with Gasteiger partial charge in [-0.3, -0.25) is 0 Å². The molecular weight excluding hydrogens is 186 g/mol. The molecule has 15 heavy (non-hydrogen) atoms. The van der Waals surface area contributed by atoms with Gasteiger partial charge < -0.3 is 10.8 Å². The van der Waals surface area contributed by atoms with Gasteiger partial charge in [-0.25, -0.2) is 0 Å². The summed E-state index contributed by atoms with van der Waals surface area (Å²) in [7, 11) is 0. The zero-order chi connectivity index (χ0) is 10.7. The van der Waals surface area contributed by atoms with Crippen LogP contribution in [0.2, 0.25) is 0 Å². The Labute approximate surface area is 93.2 Å². The molecule has 0 amide bonds. The number of hydrogen-bond acceptors (Lipinski definition) is 2. The highest BCUT2D eigenvalue weighted by molar-refractivity contribution is 4.83. The van der Waals surface area contributed by atoms with Gasteiger partial charge in [0.1, 0.15) is 0 Å². The van der Waals surface area contributed by atoms with Crippen LogP contribution in [0.3, 0.4) is 0 Å². The van der Waals surface area contributed by atoms with Gasteiger partial charge in [-0.05, 0) is 43.9 Å². The van der Waals surface area contributed by atoms with Crippen molar-refractivity contribution in [2.24, 2.45) is 17.6 Å². The summed E-state index contributed by atoms with van der Waals surface area (Å²) >= 11 is 0. The molecule has 0 spiro atoms. The van der Waals surface area contributed by atoms with Crippen LogP contribution in [0.15, 0.2) is 0 Å². The highest BCUT2D eigenvalue weighted by Gasteiger charge is 2.29. The highest BCUT2D eigenvalue weighted by atomic mass is 16.3. The molecule has 0 aromatic rings. The molecule has 2 fully saturated rings. The van der Waals surface area contributed by atoms with Crippen molar-refractivity contribution in [3.05, 3.63) is 0 Å². The lowest BCUT2D eigenvalue weighted by molar-refractivity contribution is 0.0497. The monoisotopic (exact) mass is 211 g/mol. The predicted molar refractivity (Wildman–Crippen MR) is 62.5 cm³/mol. The molecular formula is C13H25NO. The molecule has 2 aliphatic rings. The highest BCUT2D eigenvalue weighted by Crippen LogP contribution is 2.34. The fraction of sp³-hybridized carbons (Fsp3) is 1.00. The Morgan fingerprint density at radius 1 is 0.867 bits per heavy atom. The zero-order valence-corrected chi connectivity index (χ0v) is 9.70. The van der Waals surface area contributed by atoms with Crippen LogP contribution in [-0.4, -0.2) is 17.3 Å². The predicted octanol–water partition coefficient (Wildman–Crippen LogP) is 2.45. The van der Waals surface area contributed by atoms with E-state index < -0.39 is 0 Å². The molecule has 0 aliphatic heterocycles. The van der Waals surface area contributed by atoms with Crippen LogP contribution in [0.1, 0.15) is 57.8 Å². The average Bonchev–Trinajstić information content (AvgIpc) is 2.24. The molecule has 0 radical (unpaired) electrons. The third-order valence-corrected chi connectivity index (χ3v) is 4.44. The minimum absolute atomic E-state index is 0.0344. The van der Waals surface area contributed by atoms with Crippen LogP contribution in [0.25, 0.3) is 0 Å². The van der Waals surface area contributed by atoms with E-state index >= 15 is 0 Å². The topological polar surface area (TPSA) is 46.2 Å². The van der Waals surface area contributed by atoms with Crippen LogP contribution >= 0.6 is 0 Å². The van der Waals surface area contributed by atoms with Crippen LogP contribution in [0, 0.1) is 11.8 Å². The van der Waals surface area contributed by atoms with Gasteiger partial charge in [-0.15, -0.1) is 0 Å². The van der Waals surface area contributed by atoms with Gasteiger partial charge in [0.2, 0.25) is 0 Å². The van der Waals surface area contributed by atoms with Crippen LogP contribution in [-0.2, 0) is 0 Å². The van der Waals surface area contributed by atoms with E-state index in [9.17, 15) is 5.11 Å². The summed E-state index contributed by atoms with van der Waals surface area (Å²) < 4.78 is 0. The van der Waals surface area contributed by atoms with Crippen molar-refractivity contribution < 1.29 is 5.11 Å². The number of rotatable bonds is 2. The Morgan fingerprint density at radius 2 is 1.47 bits per heavy atom. The Kier molecular flexibility index (Phi) is 4.04. The van der Waals surface area contributed by atoms with Crippen molar-refractivity contribution in [2.75, 3.05) is 0 Å². The van der Waals surface area contributed by atoms with E-state index in [1.165, 1.54) is 51.4 Å². The second kappa shape index (κ2) is 5.31. The minimum Gasteiger partial charge on any atom is -0.393 e. The molecule has 3 N–H and O–H groups in total. The van der Waals surface area contributed by atoms with Gasteiger partial charge in [0.25, 0.3) is 0 Å². The maximum Gasteiger partial charge on any atom is 0.0568 e. The molecule has 2 nitrogen and oxygen atoms in total. The van der Waals surface area contributed by atoms with E-state index in [2.05, 4.69) is 0 Å². The minimum atomic E-state index is -0.0344. The van der Waals surface area contributed by atoms with Gasteiger partial charge in [0.05, 0.1) is 6.10 Å². The fourth-order valence-corrected chi connectivity index (χ4v) is 3.38. The summed E-state index contributed by atoms with van der Waals surface area (Å²) in [6.45, 7) is 0. The van der Waals surface area contributed by atoms with E-state index in [4.69, 9.17) is 5.73 Å². The maximum atomic E-state index is 9.95. The third-order valence-electron chi connectivity index (χ3n) is 4.44. The Balaban J connectivity index is 1.83. The molecule has 0 aromatic heterocycles. The molecule has 0 heterocycles. The molecule has 2 rings (SSSR count). The number of hydrogen-bond donors (Lipinski definition) is 2. The van der Waals surface area contributed by atoms with Crippen LogP contribution in [0.4, 0.5) is 0 Å². The Bertz CT molecular complexity index is 175. The number of aliphatic hydroxyl groups is 1. The normalized spacial score (nSPS) is 42.8. The van der Waals surface area contributed by atoms with Crippen molar-refractivity contribution in [2.45, 2.75) is 69.9 Å². The first kappa shape index (κ1) is 11.4. The van der Waals surface area contributed by atoms with Crippen molar-refractivity contribution in [1.82, 2.24) is 0 Å². The number of aliphatic hydroxyl groups excluding tert-OH is 1. The molecule has 4 atom stereocenters. The lowest BCUT2D eigenvalue weighted by Crippen LogP contribution is -2.37. The molecule has 2 heteroatoms. The summed E-state index contributed by atoms with van der Waals surface area (Å²) in [6.07, 6.45) is 11.1. The summed E-state index contributed by atoms with van der Waals surface area (Å²) in [5, 5.41) is 9.95. The first-order valence-electron chi connectivity index (χ1n) is 6.71. The van der Waals surface area contributed by atoms with E-state index in [0.717, 1.165) is 6.42 Å². The van der Waals surface area contributed by atoms with Gasteiger partial charge in [-0.2, -0.15) is 0 Å². The smallest absolute Gasteiger partial charge is 0.0568 e. The van der Waals surface area contributed by atoms with E-state index in [0.29, 0.717) is 17.9 Å². The average molecular weight is 211 g/mol. The van der Waals surface area contributed by atoms with Crippen molar-refractivity contribution >= 4 is 0 Å². The summed E-state index contributed by atoms with van der Waals surface area (Å²) in [4.78, 5) is 0. The van der Waals surface area contributed by atoms with E-state index in [-0.39, 0.29) is 6.10 Å². The standard InChI is InChI=1S/C13H25NO/c14-12-7-3-1-5-10(12)9-11-6-2-4-8-13(11)15/h10-13,15H,1-9,14H2. The Hall–Kier alpha value is -0.0800. The summed E-state index contributed by atoms with van der Waals surface area (Å²) in [5.74, 6) is 1.24. The number of nitrogens with two attached hydrogens (primary N) is 1. The molecule has 0 aromatic carbocycles. The Morgan fingerprint density at radius 3 is 2.13 bits per heavy atom. The molecule has 2 saturated carbocycles. The van der Waals surface area contributed by atoms with Crippen molar-refractivity contribution in [3.63, 3.8) is 0 Å². The second-order valence-electron chi connectivity index (χ2n) is 5.56. The largest absolute Gasteiger partial charge is 0.393 e. The summed E-state index contributed by atoms with van der Waals surface area (Å²) in [6, 6.07) is 0.410. The molecule has 4 unspecified atom stereocenters. The maximum absolute atomic E-state index is 9.95. The van der Waals surface area contributed by atoms with E-state index in [1.54, 1.807) is 0 Å². The van der Waals surface area contributed by atoms with Crippen LogP contribution in [0.5, 0.6) is 0 Å². The SMILES string of the molecule is NC1CCCCC1CC1CCCCC1O. The first-order valence-corrected chi connectivity index (χ1v) is 6.71. The zero-order valence-electron chi connectivity index (χ0n) is 9.70. The van der Waals surface area contributed by atoms with Gasteiger partial charge in [-0.1, -0.05) is 25.7 Å². The molecule has 0 saturated heterocycles. The van der Waals surface area contributed by atoms with Crippen LogP contribution < -0.4 is 5.73 Å².